The number of rotatable bonds is 4. The van der Waals surface area contributed by atoms with E-state index >= 15 is 0 Å². The van der Waals surface area contributed by atoms with Gasteiger partial charge in [0.15, 0.2) is 0 Å². The second-order valence-electron chi connectivity index (χ2n) is 6.03. The minimum Gasteiger partial charge on any atom is -0.370 e. The van der Waals surface area contributed by atoms with E-state index in [9.17, 15) is 4.79 Å². The fraction of sp³-hybridized carbons (Fsp3) is 0.625. The summed E-state index contributed by atoms with van der Waals surface area (Å²) in [5, 5.41) is 3.40. The van der Waals surface area contributed by atoms with Crippen LogP contribution in [0.1, 0.15) is 43.0 Å². The first-order valence-electron chi connectivity index (χ1n) is 7.49. The molecule has 4 heteroatoms. The molecule has 1 saturated carbocycles. The predicted molar refractivity (Wildman–Crippen MR) is 81.9 cm³/mol. The minimum atomic E-state index is -0.00930. The summed E-state index contributed by atoms with van der Waals surface area (Å²) in [4.78, 5) is 17.7. The lowest BCUT2D eigenvalue weighted by Gasteiger charge is -2.28. The van der Waals surface area contributed by atoms with E-state index in [1.165, 1.54) is 25.7 Å². The Balaban J connectivity index is 1.89. The van der Waals surface area contributed by atoms with Crippen molar-refractivity contribution in [2.24, 2.45) is 11.8 Å². The van der Waals surface area contributed by atoms with Gasteiger partial charge in [-0.3, -0.25) is 4.79 Å². The smallest absolute Gasteiger partial charge is 0.254 e. The third-order valence-corrected chi connectivity index (χ3v) is 4.25. The Hall–Kier alpha value is -1.58. The van der Waals surface area contributed by atoms with Crippen LogP contribution in [-0.4, -0.2) is 36.4 Å². The van der Waals surface area contributed by atoms with Gasteiger partial charge < -0.3 is 10.2 Å². The zero-order valence-electron chi connectivity index (χ0n) is 12.7. The van der Waals surface area contributed by atoms with Crippen molar-refractivity contribution in [1.29, 1.82) is 0 Å². The van der Waals surface area contributed by atoms with E-state index in [2.05, 4.69) is 17.2 Å². The Labute approximate surface area is 121 Å². The van der Waals surface area contributed by atoms with Gasteiger partial charge in [0.05, 0.1) is 5.56 Å². The van der Waals surface area contributed by atoms with Crippen LogP contribution in [0.2, 0.25) is 0 Å². The summed E-state index contributed by atoms with van der Waals surface area (Å²) < 4.78 is 0. The molecular formula is C16H25N3O. The summed E-state index contributed by atoms with van der Waals surface area (Å²) in [5.74, 6) is 2.39. The first kappa shape index (κ1) is 14.8. The molecule has 2 atom stereocenters. The van der Waals surface area contributed by atoms with Crippen molar-refractivity contribution in [3.63, 3.8) is 0 Å². The molecule has 0 saturated heterocycles. The molecule has 4 nitrogen and oxygen atoms in total. The Morgan fingerprint density at radius 3 is 2.70 bits per heavy atom. The van der Waals surface area contributed by atoms with Crippen LogP contribution in [0, 0.1) is 11.8 Å². The van der Waals surface area contributed by atoms with E-state index in [1.807, 2.05) is 12.1 Å². The van der Waals surface area contributed by atoms with Gasteiger partial charge in [0.1, 0.15) is 5.82 Å². The van der Waals surface area contributed by atoms with E-state index in [-0.39, 0.29) is 5.91 Å². The van der Waals surface area contributed by atoms with Crippen LogP contribution in [0.4, 0.5) is 5.82 Å². The molecule has 1 aliphatic carbocycles. The summed E-state index contributed by atoms with van der Waals surface area (Å²) >= 11 is 0. The first-order chi connectivity index (χ1) is 9.58. The van der Waals surface area contributed by atoms with E-state index < -0.39 is 0 Å². The Bertz CT molecular complexity index is 442. The van der Waals surface area contributed by atoms with Crippen LogP contribution in [0.3, 0.4) is 0 Å². The van der Waals surface area contributed by atoms with Crippen LogP contribution in [0.15, 0.2) is 18.3 Å². The van der Waals surface area contributed by atoms with Crippen molar-refractivity contribution in [3.05, 3.63) is 23.9 Å². The Morgan fingerprint density at radius 1 is 1.35 bits per heavy atom. The largest absolute Gasteiger partial charge is 0.370 e. The number of carbonyl (C=O) groups excluding carboxylic acids is 1. The number of amides is 1. The number of anilines is 1. The minimum absolute atomic E-state index is 0.00930. The van der Waals surface area contributed by atoms with Crippen LogP contribution >= 0.6 is 0 Å². The lowest BCUT2D eigenvalue weighted by Crippen LogP contribution is -2.25. The number of carbonyl (C=O) groups is 1. The average Bonchev–Trinajstić information content (AvgIpc) is 2.46. The molecule has 0 radical (unpaired) electrons. The summed E-state index contributed by atoms with van der Waals surface area (Å²) in [7, 11) is 3.50. The van der Waals surface area contributed by atoms with Gasteiger partial charge in [-0.25, -0.2) is 4.98 Å². The van der Waals surface area contributed by atoms with Crippen LogP contribution in [-0.2, 0) is 0 Å². The molecule has 0 aliphatic heterocycles. The van der Waals surface area contributed by atoms with E-state index in [1.54, 1.807) is 25.2 Å². The molecule has 2 unspecified atom stereocenters. The van der Waals surface area contributed by atoms with Crippen molar-refractivity contribution >= 4 is 11.7 Å². The topological polar surface area (TPSA) is 45.2 Å². The highest BCUT2D eigenvalue weighted by Gasteiger charge is 2.20. The lowest BCUT2D eigenvalue weighted by molar-refractivity contribution is 0.0827. The summed E-state index contributed by atoms with van der Waals surface area (Å²) in [6.07, 6.45) is 7.02. The van der Waals surface area contributed by atoms with Crippen LogP contribution in [0.25, 0.3) is 0 Å². The van der Waals surface area contributed by atoms with Crippen molar-refractivity contribution in [3.8, 4) is 0 Å². The molecule has 0 aromatic carbocycles. The molecular weight excluding hydrogens is 250 g/mol. The Morgan fingerprint density at radius 2 is 2.10 bits per heavy atom. The SMILES string of the molecule is CC1CCCCC1CNc1ccc(C(=O)N(C)C)cn1. The van der Waals surface area contributed by atoms with Crippen LogP contribution in [0.5, 0.6) is 0 Å². The molecule has 110 valence electrons. The lowest BCUT2D eigenvalue weighted by atomic mass is 9.80. The molecule has 1 aromatic rings. The maximum absolute atomic E-state index is 11.8. The van der Waals surface area contributed by atoms with Crippen molar-refractivity contribution in [1.82, 2.24) is 9.88 Å². The predicted octanol–water partition coefficient (Wildman–Crippen LogP) is 3.02. The highest BCUT2D eigenvalue weighted by molar-refractivity contribution is 5.93. The summed E-state index contributed by atoms with van der Waals surface area (Å²) in [6, 6.07) is 3.73. The number of pyridine rings is 1. The number of nitrogens with one attached hydrogen (secondary N) is 1. The van der Waals surface area contributed by atoms with Gasteiger partial charge in [-0.1, -0.05) is 26.2 Å². The molecule has 0 spiro atoms. The van der Waals surface area contributed by atoms with Crippen molar-refractivity contribution in [2.75, 3.05) is 26.0 Å². The molecule has 1 amide bonds. The molecule has 1 heterocycles. The Kier molecular flexibility index (Phi) is 4.99. The number of hydrogen-bond donors (Lipinski definition) is 1. The van der Waals surface area contributed by atoms with Gasteiger partial charge in [-0.15, -0.1) is 0 Å². The molecule has 1 aliphatic rings. The maximum atomic E-state index is 11.8. The van der Waals surface area contributed by atoms with E-state index in [4.69, 9.17) is 0 Å². The summed E-state index contributed by atoms with van der Waals surface area (Å²) in [5.41, 5.74) is 0.631. The average molecular weight is 275 g/mol. The van der Waals surface area contributed by atoms with Gasteiger partial charge in [0, 0.05) is 26.8 Å². The van der Waals surface area contributed by atoms with E-state index in [0.29, 0.717) is 5.56 Å². The van der Waals surface area contributed by atoms with Gasteiger partial charge >= 0.3 is 0 Å². The number of nitrogens with zero attached hydrogens (tertiary/aromatic N) is 2. The molecule has 1 aromatic heterocycles. The first-order valence-corrected chi connectivity index (χ1v) is 7.49. The monoisotopic (exact) mass is 275 g/mol. The normalized spacial score (nSPS) is 22.4. The molecule has 1 fully saturated rings. The van der Waals surface area contributed by atoms with Gasteiger partial charge in [-0.05, 0) is 30.4 Å². The summed E-state index contributed by atoms with van der Waals surface area (Å²) in [6.45, 7) is 3.33. The third kappa shape index (κ3) is 3.71. The number of hydrogen-bond acceptors (Lipinski definition) is 3. The van der Waals surface area contributed by atoms with Crippen molar-refractivity contribution < 1.29 is 4.79 Å². The fourth-order valence-electron chi connectivity index (χ4n) is 2.82. The number of aromatic nitrogens is 1. The van der Waals surface area contributed by atoms with Crippen molar-refractivity contribution in [2.45, 2.75) is 32.6 Å². The zero-order valence-corrected chi connectivity index (χ0v) is 12.7. The quantitative estimate of drug-likeness (QED) is 0.918. The molecule has 20 heavy (non-hydrogen) atoms. The standard InChI is InChI=1S/C16H25N3O/c1-12-6-4-5-7-13(12)10-17-15-9-8-14(11-18-15)16(20)19(2)3/h8-9,11-13H,4-7,10H2,1-3H3,(H,17,18). The van der Waals surface area contributed by atoms with Crippen LogP contribution < -0.4 is 5.32 Å². The zero-order chi connectivity index (χ0) is 14.5. The van der Waals surface area contributed by atoms with Gasteiger partial charge in [0.25, 0.3) is 5.91 Å². The van der Waals surface area contributed by atoms with E-state index in [0.717, 1.165) is 24.2 Å². The molecule has 2 rings (SSSR count). The second kappa shape index (κ2) is 6.73. The van der Waals surface area contributed by atoms with Gasteiger partial charge in [0.2, 0.25) is 0 Å². The second-order valence-corrected chi connectivity index (χ2v) is 6.03. The third-order valence-electron chi connectivity index (χ3n) is 4.25. The molecule has 1 N–H and O–H groups in total. The molecule has 0 bridgehead atoms. The fourth-order valence-corrected chi connectivity index (χ4v) is 2.82. The maximum Gasteiger partial charge on any atom is 0.254 e. The highest BCUT2D eigenvalue weighted by Crippen LogP contribution is 2.29. The highest BCUT2D eigenvalue weighted by atomic mass is 16.2. The van der Waals surface area contributed by atoms with Gasteiger partial charge in [-0.2, -0.15) is 0 Å².